The van der Waals surface area contributed by atoms with Gasteiger partial charge in [0.15, 0.2) is 0 Å². The van der Waals surface area contributed by atoms with Crippen LogP contribution in [-0.2, 0) is 4.79 Å². The van der Waals surface area contributed by atoms with Crippen LogP contribution in [0, 0.1) is 5.92 Å². The fourth-order valence-electron chi connectivity index (χ4n) is 3.98. The molecule has 1 saturated heterocycles. The predicted octanol–water partition coefficient (Wildman–Crippen LogP) is 2.43. The van der Waals surface area contributed by atoms with E-state index >= 15 is 0 Å². The first kappa shape index (κ1) is 19.2. The highest BCUT2D eigenvalue weighted by Gasteiger charge is 2.26. The molecule has 3 N–H and O–H groups in total. The van der Waals surface area contributed by atoms with Crippen LogP contribution < -0.4 is 11.1 Å². The minimum Gasteiger partial charge on any atom is -0.351 e. The van der Waals surface area contributed by atoms with Crippen molar-refractivity contribution in [2.24, 2.45) is 11.7 Å². The molecule has 2 aliphatic rings. The lowest BCUT2D eigenvalue weighted by Crippen LogP contribution is -2.50. The first-order valence-corrected chi connectivity index (χ1v) is 9.76. The van der Waals surface area contributed by atoms with Gasteiger partial charge in [-0.2, -0.15) is 0 Å². The van der Waals surface area contributed by atoms with E-state index in [2.05, 4.69) is 5.32 Å². The Labute approximate surface area is 159 Å². The summed E-state index contributed by atoms with van der Waals surface area (Å²) in [6.07, 6.45) is 6.75. The van der Waals surface area contributed by atoms with E-state index in [-0.39, 0.29) is 11.8 Å². The lowest BCUT2D eigenvalue weighted by Gasteiger charge is -2.35. The maximum atomic E-state index is 12.7. The zero-order valence-electron chi connectivity index (χ0n) is 15.7. The second-order valence-corrected chi connectivity index (χ2v) is 7.45. The zero-order valence-corrected chi connectivity index (χ0v) is 15.7. The molecule has 146 valence electrons. The van der Waals surface area contributed by atoms with E-state index in [0.717, 1.165) is 0 Å². The number of nitrogens with one attached hydrogen (secondary N) is 1. The Morgan fingerprint density at radius 1 is 1.00 bits per heavy atom. The normalized spacial score (nSPS) is 18.2. The van der Waals surface area contributed by atoms with Crippen LogP contribution in [0.3, 0.4) is 0 Å². The molecular formula is C20H28N4O3. The average Bonchev–Trinajstić information content (AvgIpc) is 2.68. The number of rotatable bonds is 4. The molecule has 2 fully saturated rings. The van der Waals surface area contributed by atoms with E-state index in [9.17, 15) is 14.4 Å². The molecule has 0 atom stereocenters. The van der Waals surface area contributed by atoms with Crippen LogP contribution in [0.4, 0.5) is 10.5 Å². The molecule has 1 aromatic rings. The third kappa shape index (κ3) is 5.21. The van der Waals surface area contributed by atoms with Crippen molar-refractivity contribution in [1.82, 2.24) is 9.80 Å². The summed E-state index contributed by atoms with van der Waals surface area (Å²) in [5, 5.41) is 2.48. The minimum atomic E-state index is -0.662. The highest BCUT2D eigenvalue weighted by atomic mass is 16.2. The van der Waals surface area contributed by atoms with E-state index < -0.39 is 6.03 Å². The summed E-state index contributed by atoms with van der Waals surface area (Å²) in [4.78, 5) is 39.9. The van der Waals surface area contributed by atoms with Gasteiger partial charge in [-0.25, -0.2) is 4.79 Å². The van der Waals surface area contributed by atoms with Gasteiger partial charge in [0.25, 0.3) is 5.91 Å². The second kappa shape index (κ2) is 8.88. The lowest BCUT2D eigenvalue weighted by molar-refractivity contribution is -0.133. The summed E-state index contributed by atoms with van der Waals surface area (Å²) in [6, 6.07) is 6.07. The lowest BCUT2D eigenvalue weighted by atomic mass is 9.86. The molecule has 1 aliphatic heterocycles. The van der Waals surface area contributed by atoms with E-state index in [1.54, 1.807) is 29.2 Å². The van der Waals surface area contributed by atoms with E-state index in [1.165, 1.54) is 32.1 Å². The number of piperazine rings is 1. The zero-order chi connectivity index (χ0) is 19.2. The summed E-state index contributed by atoms with van der Waals surface area (Å²) in [5.74, 6) is 0.663. The van der Waals surface area contributed by atoms with Gasteiger partial charge < -0.3 is 20.9 Å². The average molecular weight is 372 g/mol. The van der Waals surface area contributed by atoms with Gasteiger partial charge in [0, 0.05) is 43.9 Å². The molecule has 0 aromatic heterocycles. The quantitative estimate of drug-likeness (QED) is 0.850. The molecule has 0 unspecified atom stereocenters. The van der Waals surface area contributed by atoms with Crippen molar-refractivity contribution in [2.75, 3.05) is 31.5 Å². The first-order valence-electron chi connectivity index (χ1n) is 9.76. The standard InChI is InChI=1S/C20H28N4O3/c21-20(27)22-17-8-4-7-16(14-17)19(26)24-11-9-23(10-12-24)18(25)13-15-5-2-1-3-6-15/h4,7-8,14-15H,1-3,5-6,9-13H2,(H3,21,22,27). The number of nitrogens with two attached hydrogens (primary N) is 1. The predicted molar refractivity (Wildman–Crippen MR) is 103 cm³/mol. The van der Waals surface area contributed by atoms with Crippen LogP contribution in [0.15, 0.2) is 24.3 Å². The molecule has 7 nitrogen and oxygen atoms in total. The van der Waals surface area contributed by atoms with Gasteiger partial charge in [-0.1, -0.05) is 25.3 Å². The molecule has 0 bridgehead atoms. The molecule has 1 heterocycles. The third-order valence-corrected chi connectivity index (χ3v) is 5.48. The Balaban J connectivity index is 1.51. The van der Waals surface area contributed by atoms with Crippen LogP contribution in [0.1, 0.15) is 48.9 Å². The molecule has 1 aromatic carbocycles. The van der Waals surface area contributed by atoms with Gasteiger partial charge in [0.05, 0.1) is 0 Å². The Morgan fingerprint density at radius 2 is 1.67 bits per heavy atom. The molecular weight excluding hydrogens is 344 g/mol. The van der Waals surface area contributed by atoms with Gasteiger partial charge in [-0.05, 0) is 37.0 Å². The number of carbonyl (C=O) groups excluding carboxylic acids is 3. The van der Waals surface area contributed by atoms with Crippen molar-refractivity contribution in [3.05, 3.63) is 29.8 Å². The van der Waals surface area contributed by atoms with Crippen LogP contribution in [0.25, 0.3) is 0 Å². The molecule has 1 aliphatic carbocycles. The van der Waals surface area contributed by atoms with Crippen molar-refractivity contribution in [1.29, 1.82) is 0 Å². The number of hydrogen-bond acceptors (Lipinski definition) is 3. The Kier molecular flexibility index (Phi) is 6.32. The van der Waals surface area contributed by atoms with E-state index in [1.807, 2.05) is 4.90 Å². The minimum absolute atomic E-state index is 0.0949. The molecule has 0 radical (unpaired) electrons. The van der Waals surface area contributed by atoms with Gasteiger partial charge in [-0.3, -0.25) is 9.59 Å². The van der Waals surface area contributed by atoms with Crippen LogP contribution in [0.5, 0.6) is 0 Å². The largest absolute Gasteiger partial charge is 0.351 e. The Bertz CT molecular complexity index is 692. The summed E-state index contributed by atoms with van der Waals surface area (Å²) < 4.78 is 0. The fourth-order valence-corrected chi connectivity index (χ4v) is 3.98. The number of nitrogens with zero attached hydrogens (tertiary/aromatic N) is 2. The molecule has 0 spiro atoms. The number of amides is 4. The molecule has 1 saturated carbocycles. The molecule has 27 heavy (non-hydrogen) atoms. The van der Waals surface area contributed by atoms with Gasteiger partial charge in [0.2, 0.25) is 5.91 Å². The van der Waals surface area contributed by atoms with Crippen LogP contribution in [0.2, 0.25) is 0 Å². The number of primary amides is 1. The monoisotopic (exact) mass is 372 g/mol. The highest BCUT2D eigenvalue weighted by molar-refractivity contribution is 5.96. The second-order valence-electron chi connectivity index (χ2n) is 7.45. The van der Waals surface area contributed by atoms with Gasteiger partial charge in [-0.15, -0.1) is 0 Å². The maximum Gasteiger partial charge on any atom is 0.316 e. The number of anilines is 1. The SMILES string of the molecule is NC(=O)Nc1cccc(C(=O)N2CCN(C(=O)CC3CCCCC3)CC2)c1. The molecule has 4 amide bonds. The smallest absolute Gasteiger partial charge is 0.316 e. The highest BCUT2D eigenvalue weighted by Crippen LogP contribution is 2.27. The van der Waals surface area contributed by atoms with Crippen LogP contribution >= 0.6 is 0 Å². The number of hydrogen-bond donors (Lipinski definition) is 2. The number of carbonyl (C=O) groups is 3. The van der Waals surface area contributed by atoms with Crippen molar-refractivity contribution in [3.8, 4) is 0 Å². The fraction of sp³-hybridized carbons (Fsp3) is 0.550. The molecule has 7 heteroatoms. The third-order valence-electron chi connectivity index (χ3n) is 5.48. The van der Waals surface area contributed by atoms with Crippen molar-refractivity contribution in [3.63, 3.8) is 0 Å². The summed E-state index contributed by atoms with van der Waals surface area (Å²) in [6.45, 7) is 2.22. The van der Waals surface area contributed by atoms with E-state index in [4.69, 9.17) is 5.73 Å². The van der Waals surface area contributed by atoms with Crippen LogP contribution in [-0.4, -0.2) is 53.8 Å². The summed E-state index contributed by atoms with van der Waals surface area (Å²) >= 11 is 0. The maximum absolute atomic E-state index is 12.7. The number of benzene rings is 1. The Hall–Kier alpha value is -2.57. The summed E-state index contributed by atoms with van der Waals surface area (Å²) in [5.41, 5.74) is 6.12. The van der Waals surface area contributed by atoms with Crippen molar-refractivity contribution >= 4 is 23.5 Å². The summed E-state index contributed by atoms with van der Waals surface area (Å²) in [7, 11) is 0. The van der Waals surface area contributed by atoms with Crippen molar-refractivity contribution in [2.45, 2.75) is 38.5 Å². The van der Waals surface area contributed by atoms with Gasteiger partial charge >= 0.3 is 6.03 Å². The van der Waals surface area contributed by atoms with E-state index in [0.29, 0.717) is 49.8 Å². The molecule has 3 rings (SSSR count). The number of urea groups is 1. The topological polar surface area (TPSA) is 95.7 Å². The Morgan fingerprint density at radius 3 is 2.33 bits per heavy atom. The first-order chi connectivity index (χ1) is 13.0. The van der Waals surface area contributed by atoms with Gasteiger partial charge in [0.1, 0.15) is 0 Å². The van der Waals surface area contributed by atoms with Crippen molar-refractivity contribution < 1.29 is 14.4 Å².